The molecule has 3 aromatic carbocycles. The Bertz CT molecular complexity index is 1800. The summed E-state index contributed by atoms with van der Waals surface area (Å²) in [5.41, 5.74) is 2.75. The first-order valence-corrected chi connectivity index (χ1v) is 12.0. The van der Waals surface area contributed by atoms with Gasteiger partial charge in [0.05, 0.1) is 27.6 Å². The maximum atomic E-state index is 13.3. The van der Waals surface area contributed by atoms with Crippen molar-refractivity contribution < 1.29 is 29.6 Å². The van der Waals surface area contributed by atoms with E-state index in [0.717, 1.165) is 32.7 Å². The summed E-state index contributed by atoms with van der Waals surface area (Å²) in [4.78, 5) is 13.3. The Morgan fingerprint density at radius 1 is 0.944 bits per heavy atom. The molecule has 3 aliphatic heterocycles. The molecule has 8 rings (SSSR count). The quantitative estimate of drug-likeness (QED) is 0.290. The first-order chi connectivity index (χ1) is 17.4. The number of para-hydroxylation sites is 2. The van der Waals surface area contributed by atoms with Crippen LogP contribution in [-0.4, -0.2) is 55.8 Å². The van der Waals surface area contributed by atoms with E-state index in [2.05, 4.69) is 5.32 Å². The van der Waals surface area contributed by atoms with E-state index >= 15 is 0 Å². The number of rotatable bonds is 1. The molecule has 1 fully saturated rings. The van der Waals surface area contributed by atoms with Gasteiger partial charge in [-0.1, -0.05) is 36.4 Å². The SMILES string of the molecule is CO[C@@H]1[C@@H](O)[C@@H](O)[C@H]2O[C@]1(C)n1c3ccccc3c3c4c(c5c6ccccc6n2c5c31)C(=O)N[C@H]4O. The minimum atomic E-state index is -1.29. The first kappa shape index (κ1) is 20.7. The van der Waals surface area contributed by atoms with Gasteiger partial charge in [0.2, 0.25) is 0 Å². The summed E-state index contributed by atoms with van der Waals surface area (Å²) in [6.45, 7) is 1.85. The second-order valence-corrected chi connectivity index (χ2v) is 10.1. The highest BCUT2D eigenvalue weighted by molar-refractivity contribution is 6.31. The standard InChI is InChI=1S/C27H23N3O6/c1-27-23(35-2)21(31)22(32)26(36-27)29-13-9-5-3-7-11(13)15-17-18(25(34)28-24(17)33)16-12-8-4-6-10-14(12)30(27)20(16)19(15)29/h3-10,21-23,25-26,31-32,34H,1-2H3,(H,28,33)/t21-,22+,23+,25-,26+,27-/m0/s1. The zero-order chi connectivity index (χ0) is 24.7. The van der Waals surface area contributed by atoms with E-state index in [-0.39, 0.29) is 5.91 Å². The number of aliphatic hydroxyl groups excluding tert-OH is 3. The third kappa shape index (κ3) is 2.07. The van der Waals surface area contributed by atoms with Crippen LogP contribution in [0.2, 0.25) is 0 Å². The van der Waals surface area contributed by atoms with Gasteiger partial charge in [-0.25, -0.2) is 0 Å². The van der Waals surface area contributed by atoms with Gasteiger partial charge in [-0.05, 0) is 19.1 Å². The van der Waals surface area contributed by atoms with Crippen LogP contribution in [0.3, 0.4) is 0 Å². The molecule has 36 heavy (non-hydrogen) atoms. The topological polar surface area (TPSA) is 118 Å². The summed E-state index contributed by atoms with van der Waals surface area (Å²) < 4.78 is 16.4. The Balaban J connectivity index is 1.76. The first-order valence-electron chi connectivity index (χ1n) is 12.0. The van der Waals surface area contributed by atoms with Crippen LogP contribution in [0.4, 0.5) is 0 Å². The fourth-order valence-electron chi connectivity index (χ4n) is 7.04. The molecule has 3 aliphatic rings. The van der Waals surface area contributed by atoms with E-state index in [4.69, 9.17) is 9.47 Å². The van der Waals surface area contributed by atoms with Gasteiger partial charge in [0, 0.05) is 34.2 Å². The molecule has 9 nitrogen and oxygen atoms in total. The van der Waals surface area contributed by atoms with Crippen LogP contribution in [-0.2, 0) is 15.2 Å². The van der Waals surface area contributed by atoms with Crippen molar-refractivity contribution in [3.8, 4) is 0 Å². The lowest BCUT2D eigenvalue weighted by atomic mass is 9.93. The van der Waals surface area contributed by atoms with Gasteiger partial charge in [-0.2, -0.15) is 0 Å². The molecule has 0 spiro atoms. The molecule has 6 atom stereocenters. The summed E-state index contributed by atoms with van der Waals surface area (Å²) in [6, 6.07) is 15.4. The molecule has 2 aromatic heterocycles. The van der Waals surface area contributed by atoms with Crippen molar-refractivity contribution in [3.05, 3.63) is 59.7 Å². The van der Waals surface area contributed by atoms with Crippen LogP contribution >= 0.6 is 0 Å². The number of carbonyl (C=O) groups excluding carboxylic acids is 1. The van der Waals surface area contributed by atoms with Gasteiger partial charge in [0.15, 0.2) is 18.2 Å². The molecule has 182 valence electrons. The number of hydrogen-bond acceptors (Lipinski definition) is 6. The van der Waals surface area contributed by atoms with E-state index in [9.17, 15) is 20.1 Å². The van der Waals surface area contributed by atoms with Crippen molar-refractivity contribution in [2.24, 2.45) is 0 Å². The molecule has 4 N–H and O–H groups in total. The van der Waals surface area contributed by atoms with Gasteiger partial charge >= 0.3 is 0 Å². The number of nitrogens with one attached hydrogen (secondary N) is 1. The predicted molar refractivity (Wildman–Crippen MR) is 131 cm³/mol. The van der Waals surface area contributed by atoms with Crippen molar-refractivity contribution in [3.63, 3.8) is 0 Å². The molecule has 0 radical (unpaired) electrons. The number of amides is 1. The Morgan fingerprint density at radius 2 is 1.61 bits per heavy atom. The summed E-state index contributed by atoms with van der Waals surface area (Å²) >= 11 is 0. The van der Waals surface area contributed by atoms with E-state index in [1.54, 1.807) is 0 Å². The molecule has 0 saturated carbocycles. The largest absolute Gasteiger partial charge is 0.387 e. The summed E-state index contributed by atoms with van der Waals surface area (Å²) in [6.07, 6.45) is -5.56. The zero-order valence-corrected chi connectivity index (χ0v) is 19.5. The second kappa shape index (κ2) is 6.44. The minimum absolute atomic E-state index is 0.353. The number of aliphatic hydroxyl groups is 3. The van der Waals surface area contributed by atoms with Crippen molar-refractivity contribution in [2.75, 3.05) is 7.11 Å². The predicted octanol–water partition coefficient (Wildman–Crippen LogP) is 2.59. The molecule has 1 saturated heterocycles. The van der Waals surface area contributed by atoms with Gasteiger partial charge in [0.25, 0.3) is 5.91 Å². The maximum absolute atomic E-state index is 13.3. The van der Waals surface area contributed by atoms with Crippen molar-refractivity contribution in [1.82, 2.24) is 14.5 Å². The van der Waals surface area contributed by atoms with E-state index in [0.29, 0.717) is 22.0 Å². The molecule has 5 heterocycles. The van der Waals surface area contributed by atoms with Crippen LogP contribution in [0, 0.1) is 0 Å². The number of fused-ring (bicyclic) bond motifs is 13. The lowest BCUT2D eigenvalue weighted by Crippen LogP contribution is -2.62. The van der Waals surface area contributed by atoms with Gasteiger partial charge in [-0.3, -0.25) is 4.79 Å². The Labute approximate surface area is 204 Å². The van der Waals surface area contributed by atoms with Gasteiger partial charge in [0.1, 0.15) is 18.3 Å². The number of nitrogens with zero attached hydrogens (tertiary/aromatic N) is 2. The molecule has 0 aliphatic carbocycles. The van der Waals surface area contributed by atoms with Crippen LogP contribution in [0.1, 0.15) is 35.3 Å². The highest BCUT2D eigenvalue weighted by atomic mass is 16.6. The number of hydrogen-bond donors (Lipinski definition) is 4. The monoisotopic (exact) mass is 485 g/mol. The van der Waals surface area contributed by atoms with Crippen molar-refractivity contribution in [2.45, 2.75) is 43.4 Å². The third-order valence-electron chi connectivity index (χ3n) is 8.36. The van der Waals surface area contributed by atoms with Crippen molar-refractivity contribution in [1.29, 1.82) is 0 Å². The number of ether oxygens (including phenoxy) is 2. The fraction of sp³-hybridized carbons (Fsp3) is 0.296. The smallest absolute Gasteiger partial charge is 0.254 e. The molecular formula is C27H23N3O6. The number of benzene rings is 3. The molecule has 9 heteroatoms. The van der Waals surface area contributed by atoms with Crippen molar-refractivity contribution >= 4 is 49.5 Å². The average Bonchev–Trinajstić information content (AvgIpc) is 3.46. The summed E-state index contributed by atoms with van der Waals surface area (Å²) in [7, 11) is 1.49. The summed E-state index contributed by atoms with van der Waals surface area (Å²) in [5, 5.41) is 39.5. The number of methoxy groups -OCH3 is 1. The minimum Gasteiger partial charge on any atom is -0.387 e. The Morgan fingerprint density at radius 3 is 2.33 bits per heavy atom. The summed E-state index contributed by atoms with van der Waals surface area (Å²) in [5.74, 6) is -0.353. The highest BCUT2D eigenvalue weighted by Gasteiger charge is 2.57. The molecule has 0 unspecified atom stereocenters. The third-order valence-corrected chi connectivity index (χ3v) is 8.36. The Hall–Kier alpha value is -3.47. The number of aromatic nitrogens is 2. The van der Waals surface area contributed by atoms with Gasteiger partial charge in [-0.15, -0.1) is 0 Å². The molecular weight excluding hydrogens is 462 g/mol. The van der Waals surface area contributed by atoms with Crippen LogP contribution in [0.25, 0.3) is 43.6 Å². The van der Waals surface area contributed by atoms with Crippen LogP contribution in [0.15, 0.2) is 48.5 Å². The highest BCUT2D eigenvalue weighted by Crippen LogP contribution is 2.54. The van der Waals surface area contributed by atoms with E-state index in [1.165, 1.54) is 7.11 Å². The Kier molecular flexibility index (Phi) is 3.70. The van der Waals surface area contributed by atoms with E-state index < -0.39 is 36.5 Å². The molecule has 5 aromatic rings. The maximum Gasteiger partial charge on any atom is 0.254 e. The lowest BCUT2D eigenvalue weighted by molar-refractivity contribution is -0.314. The second-order valence-electron chi connectivity index (χ2n) is 10.1. The lowest BCUT2D eigenvalue weighted by Gasteiger charge is -2.48. The zero-order valence-electron chi connectivity index (χ0n) is 19.5. The number of carbonyl (C=O) groups is 1. The molecule has 1 amide bonds. The molecule has 2 bridgehead atoms. The van der Waals surface area contributed by atoms with Gasteiger partial charge < -0.3 is 39.2 Å². The normalized spacial score (nSPS) is 31.0. The van der Waals surface area contributed by atoms with Crippen LogP contribution < -0.4 is 5.32 Å². The van der Waals surface area contributed by atoms with E-state index in [1.807, 2.05) is 64.6 Å². The average molecular weight is 485 g/mol. The van der Waals surface area contributed by atoms with Crippen LogP contribution in [0.5, 0.6) is 0 Å². The fourth-order valence-corrected chi connectivity index (χ4v) is 7.04.